The lowest BCUT2D eigenvalue weighted by Crippen LogP contribution is -2.44. The third kappa shape index (κ3) is 6.40. The Morgan fingerprint density at radius 1 is 1.19 bits per heavy atom. The van der Waals surface area contributed by atoms with Crippen molar-refractivity contribution < 1.29 is 19.8 Å². The molecule has 8 heteroatoms. The third-order valence-electron chi connectivity index (χ3n) is 4.87. The number of aliphatic carboxylic acids is 1. The van der Waals surface area contributed by atoms with Crippen LogP contribution < -0.4 is 5.32 Å². The number of carbonyl (C=O) groups is 2. The second-order valence-electron chi connectivity index (χ2n) is 7.29. The molecule has 1 amide bonds. The molecule has 2 unspecified atom stereocenters. The van der Waals surface area contributed by atoms with Gasteiger partial charge in [0.25, 0.3) is 0 Å². The van der Waals surface area contributed by atoms with Crippen molar-refractivity contribution in [3.63, 3.8) is 0 Å². The molecule has 3 rings (SSSR count). The van der Waals surface area contributed by atoms with Gasteiger partial charge in [0, 0.05) is 24.3 Å². The van der Waals surface area contributed by atoms with Crippen LogP contribution in [-0.2, 0) is 16.0 Å². The molecular formula is C23H24N2O4S2. The minimum Gasteiger partial charge on any atom is -0.480 e. The number of thiocarbonyl (C=S) groups is 1. The molecule has 0 aromatic heterocycles. The Balaban J connectivity index is 1.56. The fourth-order valence-electron chi connectivity index (χ4n) is 3.15. The highest BCUT2D eigenvalue weighted by Gasteiger charge is 2.32. The number of carbonyl (C=O) groups excluding carboxylic acids is 1. The Morgan fingerprint density at radius 2 is 1.87 bits per heavy atom. The van der Waals surface area contributed by atoms with E-state index in [1.807, 2.05) is 67.6 Å². The number of aryl methyl sites for hydroxylation is 1. The van der Waals surface area contributed by atoms with E-state index in [0.717, 1.165) is 16.7 Å². The number of carboxylic acids is 1. The van der Waals surface area contributed by atoms with E-state index in [2.05, 4.69) is 5.32 Å². The molecule has 1 heterocycles. The first-order chi connectivity index (χ1) is 14.8. The highest BCUT2D eigenvalue weighted by Crippen LogP contribution is 2.35. The molecule has 6 nitrogen and oxygen atoms in total. The van der Waals surface area contributed by atoms with Crippen LogP contribution in [0.1, 0.15) is 23.1 Å². The average molecular weight is 457 g/mol. The van der Waals surface area contributed by atoms with Gasteiger partial charge in [0.15, 0.2) is 6.23 Å². The van der Waals surface area contributed by atoms with Crippen LogP contribution in [0, 0.1) is 6.92 Å². The van der Waals surface area contributed by atoms with Crippen molar-refractivity contribution in [2.24, 2.45) is 0 Å². The molecule has 0 spiro atoms. The molecule has 2 aromatic carbocycles. The Kier molecular flexibility index (Phi) is 7.84. The predicted molar refractivity (Wildman–Crippen MR) is 126 cm³/mol. The summed E-state index contributed by atoms with van der Waals surface area (Å²) in [6.07, 6.45) is 1.17. The Labute approximate surface area is 191 Å². The largest absolute Gasteiger partial charge is 0.480 e. The van der Waals surface area contributed by atoms with Crippen molar-refractivity contribution >= 4 is 46.3 Å². The molecule has 1 fully saturated rings. The predicted octanol–water partition coefficient (Wildman–Crippen LogP) is 3.19. The standard InChI is InChI=1S/C23H24N2O4S2/c1-15-7-9-17(10-8-15)14-19-21(27)25(23(30)31-19)12-11-20(26)24-18(22(28)29)13-16-5-3-2-4-6-16/h2-10,14,18,21,27H,11-13H2,1H3,(H,24,26)(H,28,29)/b19-14+. The van der Waals surface area contributed by atoms with Gasteiger partial charge in [-0.1, -0.05) is 84.1 Å². The molecule has 1 saturated heterocycles. The maximum absolute atomic E-state index is 12.4. The van der Waals surface area contributed by atoms with Gasteiger partial charge in [-0.05, 0) is 24.1 Å². The van der Waals surface area contributed by atoms with Gasteiger partial charge in [-0.25, -0.2) is 4.79 Å². The summed E-state index contributed by atoms with van der Waals surface area (Å²) in [5, 5.41) is 22.6. The molecule has 31 heavy (non-hydrogen) atoms. The van der Waals surface area contributed by atoms with Gasteiger partial charge >= 0.3 is 5.97 Å². The van der Waals surface area contributed by atoms with Crippen molar-refractivity contribution in [3.05, 3.63) is 76.2 Å². The molecule has 1 aliphatic rings. The molecule has 0 radical (unpaired) electrons. The maximum Gasteiger partial charge on any atom is 0.326 e. The fraction of sp³-hybridized carbons (Fsp3) is 0.261. The number of aliphatic hydroxyl groups is 1. The molecule has 0 bridgehead atoms. The second-order valence-corrected chi connectivity index (χ2v) is 9.00. The van der Waals surface area contributed by atoms with E-state index in [4.69, 9.17) is 12.2 Å². The Bertz CT molecular complexity index is 977. The number of aliphatic hydroxyl groups excluding tert-OH is 1. The van der Waals surface area contributed by atoms with E-state index in [-0.39, 0.29) is 19.4 Å². The Morgan fingerprint density at radius 3 is 2.52 bits per heavy atom. The van der Waals surface area contributed by atoms with Crippen LogP contribution in [0.15, 0.2) is 59.5 Å². The van der Waals surface area contributed by atoms with Gasteiger partial charge in [-0.15, -0.1) is 0 Å². The van der Waals surface area contributed by atoms with Crippen molar-refractivity contribution in [2.75, 3.05) is 6.54 Å². The van der Waals surface area contributed by atoms with E-state index in [1.54, 1.807) is 4.90 Å². The zero-order chi connectivity index (χ0) is 22.4. The first-order valence-corrected chi connectivity index (χ1v) is 11.1. The van der Waals surface area contributed by atoms with E-state index in [1.165, 1.54) is 11.8 Å². The van der Waals surface area contributed by atoms with Gasteiger partial charge in [0.1, 0.15) is 10.4 Å². The lowest BCUT2D eigenvalue weighted by Gasteiger charge is -2.22. The lowest BCUT2D eigenvalue weighted by molar-refractivity contribution is -0.141. The summed E-state index contributed by atoms with van der Waals surface area (Å²) in [7, 11) is 0. The summed E-state index contributed by atoms with van der Waals surface area (Å²) in [5.41, 5.74) is 2.94. The molecule has 1 aliphatic heterocycles. The summed E-state index contributed by atoms with van der Waals surface area (Å²) in [6, 6.07) is 16.0. The van der Waals surface area contributed by atoms with E-state index < -0.39 is 24.1 Å². The topological polar surface area (TPSA) is 89.9 Å². The minimum atomic E-state index is -1.09. The number of hydrogen-bond donors (Lipinski definition) is 3. The Hall–Kier alpha value is -2.68. The monoisotopic (exact) mass is 456 g/mol. The minimum absolute atomic E-state index is 0.0220. The summed E-state index contributed by atoms with van der Waals surface area (Å²) in [5.74, 6) is -1.49. The maximum atomic E-state index is 12.4. The smallest absolute Gasteiger partial charge is 0.326 e. The number of thioether (sulfide) groups is 1. The quantitative estimate of drug-likeness (QED) is 0.526. The summed E-state index contributed by atoms with van der Waals surface area (Å²) >= 11 is 6.66. The second kappa shape index (κ2) is 10.6. The average Bonchev–Trinajstić information content (AvgIpc) is 3.01. The van der Waals surface area contributed by atoms with Crippen LogP contribution in [-0.4, -0.2) is 50.1 Å². The first-order valence-electron chi connectivity index (χ1n) is 9.84. The molecule has 0 aliphatic carbocycles. The normalized spacial score (nSPS) is 18.3. The molecule has 162 valence electrons. The number of benzene rings is 2. The summed E-state index contributed by atoms with van der Waals surface area (Å²) in [6.45, 7) is 2.20. The highest BCUT2D eigenvalue weighted by molar-refractivity contribution is 8.25. The van der Waals surface area contributed by atoms with Gasteiger partial charge in [0.2, 0.25) is 5.91 Å². The molecule has 2 aromatic rings. The fourth-order valence-corrected chi connectivity index (χ4v) is 4.57. The van der Waals surface area contributed by atoms with Crippen molar-refractivity contribution in [1.29, 1.82) is 0 Å². The van der Waals surface area contributed by atoms with Crippen LogP contribution >= 0.6 is 24.0 Å². The number of hydrogen-bond acceptors (Lipinski definition) is 5. The zero-order valence-electron chi connectivity index (χ0n) is 17.0. The van der Waals surface area contributed by atoms with Crippen molar-refractivity contribution in [1.82, 2.24) is 10.2 Å². The van der Waals surface area contributed by atoms with Gasteiger partial charge in [-0.2, -0.15) is 0 Å². The number of amides is 1. The summed E-state index contributed by atoms with van der Waals surface area (Å²) in [4.78, 5) is 26.2. The molecule has 2 atom stereocenters. The molecular weight excluding hydrogens is 432 g/mol. The highest BCUT2D eigenvalue weighted by atomic mass is 32.2. The third-order valence-corrected chi connectivity index (χ3v) is 6.33. The first kappa shape index (κ1) is 23.0. The van der Waals surface area contributed by atoms with Gasteiger partial charge < -0.3 is 20.4 Å². The van der Waals surface area contributed by atoms with Crippen LogP contribution in [0.3, 0.4) is 0 Å². The van der Waals surface area contributed by atoms with Crippen LogP contribution in [0.25, 0.3) is 6.08 Å². The number of carboxylic acid groups (broad SMARTS) is 1. The number of nitrogens with one attached hydrogen (secondary N) is 1. The van der Waals surface area contributed by atoms with E-state index in [0.29, 0.717) is 9.23 Å². The van der Waals surface area contributed by atoms with E-state index >= 15 is 0 Å². The molecule has 0 saturated carbocycles. The van der Waals surface area contributed by atoms with Crippen LogP contribution in [0.5, 0.6) is 0 Å². The summed E-state index contributed by atoms with van der Waals surface area (Å²) < 4.78 is 0.484. The molecule has 3 N–H and O–H groups in total. The van der Waals surface area contributed by atoms with Crippen molar-refractivity contribution in [2.45, 2.75) is 32.0 Å². The van der Waals surface area contributed by atoms with Crippen LogP contribution in [0.4, 0.5) is 0 Å². The SMILES string of the molecule is Cc1ccc(/C=C2/SC(=S)N(CCC(=O)NC(Cc3ccccc3)C(=O)O)C2O)cc1. The zero-order valence-corrected chi connectivity index (χ0v) is 18.7. The van der Waals surface area contributed by atoms with Crippen molar-refractivity contribution in [3.8, 4) is 0 Å². The number of nitrogens with zero attached hydrogens (tertiary/aromatic N) is 1. The lowest BCUT2D eigenvalue weighted by atomic mass is 10.1. The van der Waals surface area contributed by atoms with E-state index in [9.17, 15) is 19.8 Å². The van der Waals surface area contributed by atoms with Crippen LogP contribution in [0.2, 0.25) is 0 Å². The number of rotatable bonds is 8. The van der Waals surface area contributed by atoms with Gasteiger partial charge in [0.05, 0.1) is 0 Å². The van der Waals surface area contributed by atoms with Gasteiger partial charge in [-0.3, -0.25) is 4.79 Å².